The van der Waals surface area contributed by atoms with E-state index in [1.165, 1.54) is 0 Å². The van der Waals surface area contributed by atoms with E-state index in [-0.39, 0.29) is 0 Å². The summed E-state index contributed by atoms with van der Waals surface area (Å²) in [7, 11) is 0. The quantitative estimate of drug-likeness (QED) is 0.484. The molecule has 0 spiro atoms. The maximum absolute atomic E-state index is 5.09. The van der Waals surface area contributed by atoms with E-state index in [9.17, 15) is 0 Å². The number of rotatable bonds is 5. The molecular formula is C10H14NO. The van der Waals surface area contributed by atoms with Crippen LogP contribution >= 0.6 is 0 Å². The van der Waals surface area contributed by atoms with Crippen LogP contribution in [-0.2, 0) is 4.84 Å². The molecule has 1 aromatic rings. The van der Waals surface area contributed by atoms with Gasteiger partial charge in [0, 0.05) is 0 Å². The second-order valence-electron chi connectivity index (χ2n) is 2.61. The predicted octanol–water partition coefficient (Wildman–Crippen LogP) is 2.65. The molecule has 0 heterocycles. The summed E-state index contributed by atoms with van der Waals surface area (Å²) in [4.78, 5) is 5.09. The van der Waals surface area contributed by atoms with Gasteiger partial charge in [-0.3, -0.25) is 4.84 Å². The van der Waals surface area contributed by atoms with E-state index in [4.69, 9.17) is 4.84 Å². The number of unbranched alkanes of at least 4 members (excludes halogenated alkanes) is 1. The molecule has 0 aliphatic carbocycles. The van der Waals surface area contributed by atoms with Crippen LogP contribution in [0.15, 0.2) is 30.3 Å². The summed E-state index contributed by atoms with van der Waals surface area (Å²) >= 11 is 0. The van der Waals surface area contributed by atoms with Gasteiger partial charge in [0.2, 0.25) is 0 Å². The van der Waals surface area contributed by atoms with E-state index < -0.39 is 0 Å². The third kappa shape index (κ3) is 3.39. The van der Waals surface area contributed by atoms with Crippen LogP contribution in [0.3, 0.4) is 0 Å². The molecule has 0 saturated heterocycles. The third-order valence-electron chi connectivity index (χ3n) is 1.52. The Balaban J connectivity index is 2.16. The molecule has 1 aromatic carbocycles. The Bertz CT molecular complexity index is 198. The minimum Gasteiger partial charge on any atom is -0.252 e. The fourth-order valence-corrected chi connectivity index (χ4v) is 0.818. The lowest BCUT2D eigenvalue weighted by Crippen LogP contribution is -2.00. The van der Waals surface area contributed by atoms with Crippen molar-refractivity contribution >= 4 is 5.69 Å². The summed E-state index contributed by atoms with van der Waals surface area (Å²) in [5.74, 6) is 0. The van der Waals surface area contributed by atoms with Gasteiger partial charge in [-0.25, -0.2) is 0 Å². The van der Waals surface area contributed by atoms with Gasteiger partial charge < -0.3 is 0 Å². The van der Waals surface area contributed by atoms with Crippen molar-refractivity contribution < 1.29 is 4.84 Å². The molecule has 0 saturated carbocycles. The monoisotopic (exact) mass is 164 g/mol. The Hall–Kier alpha value is -1.02. The zero-order valence-corrected chi connectivity index (χ0v) is 7.36. The molecular weight excluding hydrogens is 150 g/mol. The number of hydrogen-bond donors (Lipinski definition) is 0. The maximum atomic E-state index is 5.09. The van der Waals surface area contributed by atoms with Gasteiger partial charge in [-0.05, 0) is 18.6 Å². The summed E-state index contributed by atoms with van der Waals surface area (Å²) in [6.45, 7) is 2.84. The van der Waals surface area contributed by atoms with Gasteiger partial charge in [-0.2, -0.15) is 0 Å². The molecule has 0 unspecified atom stereocenters. The number of benzene rings is 1. The highest BCUT2D eigenvalue weighted by molar-refractivity contribution is 5.33. The van der Waals surface area contributed by atoms with Gasteiger partial charge in [0.05, 0.1) is 12.3 Å². The van der Waals surface area contributed by atoms with Crippen molar-refractivity contribution in [2.75, 3.05) is 6.61 Å². The summed E-state index contributed by atoms with van der Waals surface area (Å²) in [5.41, 5.74) is 4.83. The first-order valence-corrected chi connectivity index (χ1v) is 4.31. The Morgan fingerprint density at radius 3 is 2.67 bits per heavy atom. The van der Waals surface area contributed by atoms with Crippen LogP contribution in [0.5, 0.6) is 0 Å². The lowest BCUT2D eigenvalue weighted by molar-refractivity contribution is 0.0661. The Labute approximate surface area is 73.5 Å². The third-order valence-corrected chi connectivity index (χ3v) is 1.52. The van der Waals surface area contributed by atoms with E-state index in [1.54, 1.807) is 0 Å². The largest absolute Gasteiger partial charge is 0.252 e. The van der Waals surface area contributed by atoms with Crippen molar-refractivity contribution in [2.45, 2.75) is 19.8 Å². The van der Waals surface area contributed by atoms with Crippen LogP contribution in [0.4, 0.5) is 5.69 Å². The molecule has 0 aliphatic rings. The van der Waals surface area contributed by atoms with Crippen LogP contribution in [0.2, 0.25) is 0 Å². The van der Waals surface area contributed by atoms with Gasteiger partial charge in [0.25, 0.3) is 0 Å². The Morgan fingerprint density at radius 2 is 2.00 bits per heavy atom. The topological polar surface area (TPSA) is 23.3 Å². The highest BCUT2D eigenvalue weighted by Crippen LogP contribution is 2.04. The minimum atomic E-state index is 0.714. The van der Waals surface area contributed by atoms with Gasteiger partial charge in [0.15, 0.2) is 0 Å². The molecule has 0 N–H and O–H groups in total. The lowest BCUT2D eigenvalue weighted by atomic mass is 10.3. The average Bonchev–Trinajstić information content (AvgIpc) is 2.14. The fourth-order valence-electron chi connectivity index (χ4n) is 0.818. The van der Waals surface area contributed by atoms with E-state index in [0.29, 0.717) is 6.61 Å². The minimum absolute atomic E-state index is 0.714. The Morgan fingerprint density at radius 1 is 1.25 bits per heavy atom. The van der Waals surface area contributed by atoms with Crippen molar-refractivity contribution in [2.24, 2.45) is 0 Å². The second-order valence-corrected chi connectivity index (χ2v) is 2.61. The molecule has 2 heteroatoms. The molecule has 0 aromatic heterocycles. The molecule has 0 aliphatic heterocycles. The number of hydrogen-bond acceptors (Lipinski definition) is 1. The highest BCUT2D eigenvalue weighted by Gasteiger charge is 1.90. The van der Waals surface area contributed by atoms with Crippen molar-refractivity contribution in [1.29, 1.82) is 0 Å². The van der Waals surface area contributed by atoms with Crippen LogP contribution in [0, 0.1) is 0 Å². The zero-order valence-electron chi connectivity index (χ0n) is 7.36. The van der Waals surface area contributed by atoms with Crippen LogP contribution < -0.4 is 5.48 Å². The molecule has 1 rings (SSSR count). The first-order valence-electron chi connectivity index (χ1n) is 4.31. The number of nitrogens with zero attached hydrogens (tertiary/aromatic N) is 1. The molecule has 2 nitrogen and oxygen atoms in total. The standard InChI is InChI=1S/C10H14NO/c1-2-3-9-12-11-10-7-5-4-6-8-10/h4-8H,2-3,9H2,1H3. The Kier molecular flexibility index (Phi) is 4.24. The molecule has 0 bridgehead atoms. The zero-order chi connectivity index (χ0) is 8.65. The second kappa shape index (κ2) is 5.61. The molecule has 12 heavy (non-hydrogen) atoms. The van der Waals surface area contributed by atoms with Gasteiger partial charge in [-0.15, -0.1) is 5.48 Å². The van der Waals surface area contributed by atoms with Gasteiger partial charge in [0.1, 0.15) is 0 Å². The lowest BCUT2D eigenvalue weighted by Gasteiger charge is -2.00. The van der Waals surface area contributed by atoms with Crippen LogP contribution in [0.25, 0.3) is 0 Å². The molecule has 1 radical (unpaired) electrons. The molecule has 0 fully saturated rings. The first kappa shape index (κ1) is 9.07. The van der Waals surface area contributed by atoms with Crippen molar-refractivity contribution in [3.63, 3.8) is 0 Å². The van der Waals surface area contributed by atoms with Crippen molar-refractivity contribution in [1.82, 2.24) is 5.48 Å². The van der Waals surface area contributed by atoms with Crippen molar-refractivity contribution in [3.05, 3.63) is 30.3 Å². The molecule has 0 atom stereocenters. The van der Waals surface area contributed by atoms with Gasteiger partial charge >= 0.3 is 0 Å². The van der Waals surface area contributed by atoms with Crippen LogP contribution in [-0.4, -0.2) is 6.61 Å². The molecule has 0 amide bonds. The summed E-state index contributed by atoms with van der Waals surface area (Å²) < 4.78 is 0. The van der Waals surface area contributed by atoms with E-state index >= 15 is 0 Å². The first-order chi connectivity index (χ1) is 5.93. The molecule has 65 valence electrons. The van der Waals surface area contributed by atoms with Crippen LogP contribution in [0.1, 0.15) is 19.8 Å². The fraction of sp³-hybridized carbons (Fsp3) is 0.400. The summed E-state index contributed by atoms with van der Waals surface area (Å²) in [5, 5.41) is 0. The average molecular weight is 164 g/mol. The van der Waals surface area contributed by atoms with Crippen molar-refractivity contribution in [3.8, 4) is 0 Å². The maximum Gasteiger partial charge on any atom is 0.0905 e. The van der Waals surface area contributed by atoms with E-state index in [0.717, 1.165) is 18.5 Å². The summed E-state index contributed by atoms with van der Waals surface area (Å²) in [6.07, 6.45) is 2.21. The predicted molar refractivity (Wildman–Crippen MR) is 49.1 cm³/mol. The SMILES string of the molecule is CCCCO[N]c1ccccc1. The highest BCUT2D eigenvalue weighted by atomic mass is 16.6. The van der Waals surface area contributed by atoms with E-state index in [2.05, 4.69) is 12.4 Å². The smallest absolute Gasteiger partial charge is 0.0905 e. The van der Waals surface area contributed by atoms with E-state index in [1.807, 2.05) is 30.3 Å². The van der Waals surface area contributed by atoms with Gasteiger partial charge in [-0.1, -0.05) is 31.5 Å². The normalized spacial score (nSPS) is 9.75. The summed E-state index contributed by atoms with van der Waals surface area (Å²) in [6, 6.07) is 9.70.